The van der Waals surface area contributed by atoms with E-state index >= 15 is 0 Å². The van der Waals surface area contributed by atoms with Crippen LogP contribution in [-0.2, 0) is 0 Å². The Kier molecular flexibility index (Phi) is 2.79. The van der Waals surface area contributed by atoms with Gasteiger partial charge in [0.05, 0.1) is 12.6 Å². The van der Waals surface area contributed by atoms with Crippen LogP contribution in [0.25, 0.3) is 32.9 Å². The zero-order chi connectivity index (χ0) is 15.1. The average Bonchev–Trinajstić information content (AvgIpc) is 2.93. The van der Waals surface area contributed by atoms with E-state index in [0.29, 0.717) is 0 Å². The Morgan fingerprint density at radius 2 is 1.68 bits per heavy atom. The summed E-state index contributed by atoms with van der Waals surface area (Å²) in [5, 5.41) is 2.35. The van der Waals surface area contributed by atoms with E-state index in [1.54, 1.807) is 7.11 Å². The van der Waals surface area contributed by atoms with Crippen LogP contribution >= 0.6 is 0 Å². The topological polar surface area (TPSA) is 51.0 Å². The van der Waals surface area contributed by atoms with E-state index < -0.39 is 0 Å². The highest BCUT2D eigenvalue weighted by atomic mass is 16.5. The van der Waals surface area contributed by atoms with Crippen molar-refractivity contribution < 1.29 is 4.74 Å². The predicted molar refractivity (Wildman–Crippen MR) is 92.2 cm³/mol. The largest absolute Gasteiger partial charge is 0.497 e. The van der Waals surface area contributed by atoms with Crippen molar-refractivity contribution in [3.05, 3.63) is 60.7 Å². The highest BCUT2D eigenvalue weighted by Crippen LogP contribution is 2.35. The van der Waals surface area contributed by atoms with E-state index in [2.05, 4.69) is 29.2 Å². The number of aromatic nitrogens is 1. The monoisotopic (exact) mass is 288 g/mol. The molecule has 1 heterocycles. The second-order valence-corrected chi connectivity index (χ2v) is 5.39. The third-order valence-electron chi connectivity index (χ3n) is 4.04. The molecule has 0 saturated carbocycles. The molecule has 0 aliphatic heterocycles. The standard InChI is InChI=1S/C19H16N2O/c1-22-14-8-6-12(7-9-14)16-10-13(20)11-17-15-4-2-3-5-18(15)21-19(16)17/h2-11,21H,20H2,1H3. The van der Waals surface area contributed by atoms with Gasteiger partial charge in [-0.3, -0.25) is 0 Å². The van der Waals surface area contributed by atoms with Crippen molar-refractivity contribution in [2.75, 3.05) is 12.8 Å². The number of aromatic amines is 1. The SMILES string of the molecule is COc1ccc(-c2cc(N)cc3c2[nH]c2ccccc23)cc1. The lowest BCUT2D eigenvalue weighted by atomic mass is 10.0. The van der Waals surface area contributed by atoms with Crippen LogP contribution in [-0.4, -0.2) is 12.1 Å². The van der Waals surface area contributed by atoms with E-state index in [1.807, 2.05) is 36.4 Å². The molecule has 3 N–H and O–H groups in total. The Morgan fingerprint density at radius 3 is 2.45 bits per heavy atom. The summed E-state index contributed by atoms with van der Waals surface area (Å²) in [5.74, 6) is 0.848. The molecule has 0 unspecified atom stereocenters. The maximum absolute atomic E-state index is 6.13. The molecule has 0 radical (unpaired) electrons. The Bertz CT molecular complexity index is 968. The van der Waals surface area contributed by atoms with Gasteiger partial charge in [0.25, 0.3) is 0 Å². The van der Waals surface area contributed by atoms with Crippen molar-refractivity contribution in [2.24, 2.45) is 0 Å². The Labute approximate surface area is 128 Å². The minimum Gasteiger partial charge on any atom is -0.497 e. The molecule has 0 spiro atoms. The van der Waals surface area contributed by atoms with Crippen LogP contribution in [0.1, 0.15) is 0 Å². The summed E-state index contributed by atoms with van der Waals surface area (Å²) in [6.45, 7) is 0. The number of nitrogen functional groups attached to an aromatic ring is 1. The van der Waals surface area contributed by atoms with Crippen molar-refractivity contribution >= 4 is 27.5 Å². The lowest BCUT2D eigenvalue weighted by molar-refractivity contribution is 0.415. The zero-order valence-corrected chi connectivity index (χ0v) is 12.3. The first-order valence-electron chi connectivity index (χ1n) is 7.20. The number of hydrogen-bond donors (Lipinski definition) is 2. The second-order valence-electron chi connectivity index (χ2n) is 5.39. The fourth-order valence-electron chi connectivity index (χ4n) is 2.97. The molecule has 3 nitrogen and oxygen atoms in total. The van der Waals surface area contributed by atoms with Crippen molar-refractivity contribution in [3.63, 3.8) is 0 Å². The summed E-state index contributed by atoms with van der Waals surface area (Å²) >= 11 is 0. The molecular formula is C19H16N2O. The van der Waals surface area contributed by atoms with Gasteiger partial charge in [0.1, 0.15) is 5.75 Å². The highest BCUT2D eigenvalue weighted by Gasteiger charge is 2.11. The normalized spacial score (nSPS) is 11.1. The number of nitrogens with two attached hydrogens (primary N) is 1. The van der Waals surface area contributed by atoms with Gasteiger partial charge in [0.15, 0.2) is 0 Å². The number of anilines is 1. The third kappa shape index (κ3) is 1.91. The van der Waals surface area contributed by atoms with E-state index in [1.165, 1.54) is 5.39 Å². The Balaban J connectivity index is 2.03. The van der Waals surface area contributed by atoms with Crippen LogP contribution in [0.3, 0.4) is 0 Å². The minimum absolute atomic E-state index is 0.767. The Morgan fingerprint density at radius 1 is 0.909 bits per heavy atom. The van der Waals surface area contributed by atoms with Gasteiger partial charge < -0.3 is 15.5 Å². The van der Waals surface area contributed by atoms with Crippen LogP contribution in [0.4, 0.5) is 5.69 Å². The predicted octanol–water partition coefficient (Wildman–Crippen LogP) is 4.58. The van der Waals surface area contributed by atoms with Gasteiger partial charge in [-0.2, -0.15) is 0 Å². The summed E-state index contributed by atoms with van der Waals surface area (Å²) < 4.78 is 5.23. The molecular weight excluding hydrogens is 272 g/mol. The molecule has 3 aromatic carbocycles. The first-order chi connectivity index (χ1) is 10.8. The third-order valence-corrected chi connectivity index (χ3v) is 4.04. The van der Waals surface area contributed by atoms with E-state index in [-0.39, 0.29) is 0 Å². The summed E-state index contributed by atoms with van der Waals surface area (Å²) in [6, 6.07) is 20.4. The molecule has 0 aliphatic rings. The first kappa shape index (κ1) is 12.8. The number of para-hydroxylation sites is 1. The molecule has 108 valence electrons. The molecule has 1 aromatic heterocycles. The summed E-state index contributed by atoms with van der Waals surface area (Å²) in [4.78, 5) is 3.51. The average molecular weight is 288 g/mol. The van der Waals surface area contributed by atoms with Crippen LogP contribution in [0.5, 0.6) is 5.75 Å². The van der Waals surface area contributed by atoms with Crippen molar-refractivity contribution in [2.45, 2.75) is 0 Å². The molecule has 4 aromatic rings. The number of rotatable bonds is 2. The Hall–Kier alpha value is -2.94. The van der Waals surface area contributed by atoms with Crippen molar-refractivity contribution in [1.29, 1.82) is 0 Å². The number of fused-ring (bicyclic) bond motifs is 3. The minimum atomic E-state index is 0.767. The van der Waals surface area contributed by atoms with Crippen molar-refractivity contribution in [1.82, 2.24) is 4.98 Å². The molecule has 0 fully saturated rings. The number of benzene rings is 3. The lowest BCUT2D eigenvalue weighted by Crippen LogP contribution is -1.88. The van der Waals surface area contributed by atoms with Gasteiger partial charge in [0, 0.05) is 27.5 Å². The molecule has 4 rings (SSSR count). The first-order valence-corrected chi connectivity index (χ1v) is 7.20. The number of methoxy groups -OCH3 is 1. The van der Waals surface area contributed by atoms with E-state index in [4.69, 9.17) is 10.5 Å². The molecule has 0 bridgehead atoms. The van der Waals surface area contributed by atoms with Gasteiger partial charge in [-0.1, -0.05) is 30.3 Å². The number of hydrogen-bond acceptors (Lipinski definition) is 2. The fourth-order valence-corrected chi connectivity index (χ4v) is 2.97. The van der Waals surface area contributed by atoms with E-state index in [9.17, 15) is 0 Å². The fraction of sp³-hybridized carbons (Fsp3) is 0.0526. The molecule has 0 saturated heterocycles. The summed E-state index contributed by atoms with van der Waals surface area (Å²) in [7, 11) is 1.67. The van der Waals surface area contributed by atoms with Crippen molar-refractivity contribution in [3.8, 4) is 16.9 Å². The quantitative estimate of drug-likeness (QED) is 0.530. The molecule has 0 atom stereocenters. The zero-order valence-electron chi connectivity index (χ0n) is 12.3. The van der Waals surface area contributed by atoms with Crippen LogP contribution in [0.15, 0.2) is 60.7 Å². The van der Waals surface area contributed by atoms with Gasteiger partial charge in [0.2, 0.25) is 0 Å². The van der Waals surface area contributed by atoms with E-state index in [0.717, 1.165) is 39.0 Å². The summed E-state index contributed by atoms with van der Waals surface area (Å²) in [5.41, 5.74) is 11.4. The van der Waals surface area contributed by atoms with Crippen LogP contribution < -0.4 is 10.5 Å². The lowest BCUT2D eigenvalue weighted by Gasteiger charge is -2.07. The van der Waals surface area contributed by atoms with Gasteiger partial charge in [-0.25, -0.2) is 0 Å². The highest BCUT2D eigenvalue weighted by molar-refractivity contribution is 6.13. The van der Waals surface area contributed by atoms with Crippen LogP contribution in [0, 0.1) is 0 Å². The second kappa shape index (κ2) is 4.81. The maximum atomic E-state index is 6.13. The van der Waals surface area contributed by atoms with Crippen LogP contribution in [0.2, 0.25) is 0 Å². The molecule has 0 aliphatic carbocycles. The number of ether oxygens (including phenoxy) is 1. The van der Waals surface area contributed by atoms with Gasteiger partial charge >= 0.3 is 0 Å². The maximum Gasteiger partial charge on any atom is 0.118 e. The number of nitrogens with one attached hydrogen (secondary N) is 1. The van der Waals surface area contributed by atoms with Gasteiger partial charge in [-0.15, -0.1) is 0 Å². The smallest absolute Gasteiger partial charge is 0.118 e. The number of H-pyrrole nitrogens is 1. The molecule has 0 amide bonds. The summed E-state index contributed by atoms with van der Waals surface area (Å²) in [6.07, 6.45) is 0. The molecule has 3 heteroatoms. The van der Waals surface area contributed by atoms with Gasteiger partial charge in [-0.05, 0) is 35.9 Å². The molecule has 22 heavy (non-hydrogen) atoms.